The number of aromatic nitrogens is 2. The molecule has 2 heterocycles. The second kappa shape index (κ2) is 9.70. The Morgan fingerprint density at radius 1 is 1.09 bits per heavy atom. The fourth-order valence-electron chi connectivity index (χ4n) is 2.86. The first-order valence-corrected chi connectivity index (χ1v) is 10.9. The first-order valence-electron chi connectivity index (χ1n) is 9.28. The second-order valence-corrected chi connectivity index (χ2v) is 8.89. The molecule has 0 aliphatic heterocycles. The quantitative estimate of drug-likeness (QED) is 0.360. The van der Waals surface area contributed by atoms with Crippen molar-refractivity contribution in [2.24, 2.45) is 5.10 Å². The molecule has 3 rings (SSSR count). The van der Waals surface area contributed by atoms with Crippen LogP contribution < -0.4 is 16.4 Å². The van der Waals surface area contributed by atoms with Crippen molar-refractivity contribution >= 4 is 52.1 Å². The molecule has 12 heteroatoms. The number of benzene rings is 1. The highest BCUT2D eigenvalue weighted by atomic mass is 35.5. The summed E-state index contributed by atoms with van der Waals surface area (Å²) in [5, 5.41) is 9.25. The lowest BCUT2D eigenvalue weighted by molar-refractivity contribution is 0.0861. The lowest BCUT2D eigenvalue weighted by Crippen LogP contribution is -2.35. The van der Waals surface area contributed by atoms with Crippen molar-refractivity contribution in [3.05, 3.63) is 71.7 Å². The van der Waals surface area contributed by atoms with Crippen molar-refractivity contribution in [2.45, 2.75) is 13.8 Å². The topological polar surface area (TPSA) is 112 Å². The molecule has 2 amide bonds. The Balaban J connectivity index is 1.79. The van der Waals surface area contributed by atoms with Crippen LogP contribution in [0.1, 0.15) is 37.5 Å². The van der Waals surface area contributed by atoms with Crippen LogP contribution in [0.5, 0.6) is 0 Å². The van der Waals surface area contributed by atoms with Gasteiger partial charge in [0.1, 0.15) is 0 Å². The molecule has 0 aliphatic carbocycles. The Hall–Kier alpha value is -2.92. The van der Waals surface area contributed by atoms with Gasteiger partial charge in [-0.05, 0) is 44.2 Å². The minimum atomic E-state index is -0.490. The lowest BCUT2D eigenvalue weighted by atomic mass is 10.2. The van der Waals surface area contributed by atoms with Crippen LogP contribution in [0.2, 0.25) is 10.0 Å². The van der Waals surface area contributed by atoms with Crippen molar-refractivity contribution in [2.75, 3.05) is 14.1 Å². The number of hydrogen-bond donors (Lipinski definition) is 3. The number of hydrazone groups is 1. The first kappa shape index (κ1) is 23.7. The third kappa shape index (κ3) is 5.10. The highest BCUT2D eigenvalue weighted by molar-refractivity contribution is 7.15. The largest absolute Gasteiger partial charge is 0.295 e. The van der Waals surface area contributed by atoms with Crippen molar-refractivity contribution in [3.63, 3.8) is 0 Å². The minimum Gasteiger partial charge on any atom is -0.295 e. The summed E-state index contributed by atoms with van der Waals surface area (Å²) in [5.41, 5.74) is 6.39. The van der Waals surface area contributed by atoms with E-state index in [1.165, 1.54) is 15.8 Å². The maximum atomic E-state index is 12.9. The number of H-pyrrole nitrogens is 1. The fraction of sp³-hybridized carbons (Fsp3) is 0.200. The standard InChI is InChI=1S/C20H20Cl2N6O3S/c1-10(23-24-18(29)15-7-8-16(32-15)19(30)26-27(3)4)17-11(2)25-28(20(17)31)12-5-6-13(21)14(22)9-12/h5-9,25H,1-4H3,(H,24,29)(H,26,30). The number of amides is 2. The number of halogens is 2. The zero-order chi connectivity index (χ0) is 23.6. The molecule has 0 atom stereocenters. The predicted octanol–water partition coefficient (Wildman–Crippen LogP) is 3.20. The van der Waals surface area contributed by atoms with Crippen LogP contribution in [-0.4, -0.2) is 46.4 Å². The van der Waals surface area contributed by atoms with Gasteiger partial charge in [-0.1, -0.05) is 23.2 Å². The molecule has 2 aromatic heterocycles. The summed E-state index contributed by atoms with van der Waals surface area (Å²) < 4.78 is 1.32. The Labute approximate surface area is 197 Å². The molecule has 168 valence electrons. The monoisotopic (exact) mass is 494 g/mol. The van der Waals surface area contributed by atoms with E-state index < -0.39 is 5.91 Å². The third-order valence-electron chi connectivity index (χ3n) is 4.30. The number of rotatable bonds is 6. The van der Waals surface area contributed by atoms with Gasteiger partial charge in [0, 0.05) is 19.8 Å². The summed E-state index contributed by atoms with van der Waals surface area (Å²) in [7, 11) is 3.38. The normalized spacial score (nSPS) is 11.7. The van der Waals surface area contributed by atoms with E-state index in [0.717, 1.165) is 11.3 Å². The molecule has 3 N–H and O–H groups in total. The number of hydrogen-bond acceptors (Lipinski definition) is 6. The van der Waals surface area contributed by atoms with Gasteiger partial charge in [0.25, 0.3) is 17.4 Å². The SMILES string of the molecule is CC(=NNC(=O)c1ccc(C(=O)NN(C)C)s1)c1c(C)[nH]n(-c2ccc(Cl)c(Cl)c2)c1=O. The maximum Gasteiger partial charge on any atom is 0.281 e. The summed E-state index contributed by atoms with van der Waals surface area (Å²) in [6, 6.07) is 7.91. The molecule has 0 radical (unpaired) electrons. The molecular weight excluding hydrogens is 475 g/mol. The van der Waals surface area contributed by atoms with Gasteiger partial charge in [-0.25, -0.2) is 15.1 Å². The van der Waals surface area contributed by atoms with Crippen molar-refractivity contribution < 1.29 is 9.59 Å². The van der Waals surface area contributed by atoms with E-state index in [0.29, 0.717) is 42.5 Å². The van der Waals surface area contributed by atoms with E-state index in [-0.39, 0.29) is 11.5 Å². The van der Waals surface area contributed by atoms with Crippen LogP contribution in [0.4, 0.5) is 0 Å². The number of nitrogens with zero attached hydrogens (tertiary/aromatic N) is 3. The van der Waals surface area contributed by atoms with Crippen LogP contribution >= 0.6 is 34.5 Å². The summed E-state index contributed by atoms with van der Waals surface area (Å²) in [6.45, 7) is 3.34. The molecule has 32 heavy (non-hydrogen) atoms. The maximum absolute atomic E-state index is 12.9. The molecule has 0 saturated heterocycles. The van der Waals surface area contributed by atoms with E-state index in [4.69, 9.17) is 23.2 Å². The number of aromatic amines is 1. The van der Waals surface area contributed by atoms with Crippen LogP contribution in [0.3, 0.4) is 0 Å². The highest BCUT2D eigenvalue weighted by Gasteiger charge is 2.17. The number of carbonyl (C=O) groups excluding carboxylic acids is 2. The average Bonchev–Trinajstić information content (AvgIpc) is 3.33. The average molecular weight is 495 g/mol. The van der Waals surface area contributed by atoms with Crippen LogP contribution in [-0.2, 0) is 0 Å². The van der Waals surface area contributed by atoms with Gasteiger partial charge in [-0.15, -0.1) is 11.3 Å². The Morgan fingerprint density at radius 3 is 2.38 bits per heavy atom. The molecule has 0 aliphatic rings. The molecular formula is C20H20Cl2N6O3S. The summed E-state index contributed by atoms with van der Waals surface area (Å²) in [5.74, 6) is -0.805. The van der Waals surface area contributed by atoms with Gasteiger partial charge < -0.3 is 0 Å². The molecule has 0 fully saturated rings. The van der Waals surface area contributed by atoms with Crippen LogP contribution in [0, 0.1) is 6.92 Å². The Bertz CT molecular complexity index is 1270. The van der Waals surface area contributed by atoms with Gasteiger partial charge in [-0.2, -0.15) is 5.10 Å². The fourth-order valence-corrected chi connectivity index (χ4v) is 3.94. The highest BCUT2D eigenvalue weighted by Crippen LogP contribution is 2.24. The predicted molar refractivity (Wildman–Crippen MR) is 126 cm³/mol. The second-order valence-electron chi connectivity index (χ2n) is 6.99. The number of hydrazine groups is 1. The summed E-state index contributed by atoms with van der Waals surface area (Å²) in [4.78, 5) is 38.1. The van der Waals surface area contributed by atoms with E-state index >= 15 is 0 Å². The molecule has 9 nitrogen and oxygen atoms in total. The van der Waals surface area contributed by atoms with Crippen LogP contribution in [0.25, 0.3) is 5.69 Å². The molecule has 3 aromatic rings. The molecule has 0 bridgehead atoms. The van der Waals surface area contributed by atoms with Crippen LogP contribution in [0.15, 0.2) is 40.2 Å². The van der Waals surface area contributed by atoms with E-state index in [2.05, 4.69) is 21.1 Å². The van der Waals surface area contributed by atoms with Gasteiger partial charge in [-0.3, -0.25) is 24.9 Å². The summed E-state index contributed by atoms with van der Waals surface area (Å²) >= 11 is 13.0. The third-order valence-corrected chi connectivity index (χ3v) is 6.12. The lowest BCUT2D eigenvalue weighted by Gasteiger charge is -2.09. The van der Waals surface area contributed by atoms with E-state index in [9.17, 15) is 14.4 Å². The minimum absolute atomic E-state index is 0.310. The van der Waals surface area contributed by atoms with Gasteiger partial charge in [0.05, 0.1) is 36.8 Å². The number of thiophene rings is 1. The van der Waals surface area contributed by atoms with Gasteiger partial charge >= 0.3 is 0 Å². The van der Waals surface area contributed by atoms with Gasteiger partial charge in [0.2, 0.25) is 0 Å². The smallest absolute Gasteiger partial charge is 0.281 e. The molecule has 1 aromatic carbocycles. The van der Waals surface area contributed by atoms with E-state index in [1.807, 2.05) is 0 Å². The Kier molecular flexibility index (Phi) is 7.19. The van der Waals surface area contributed by atoms with Gasteiger partial charge in [0.15, 0.2) is 0 Å². The van der Waals surface area contributed by atoms with Crippen molar-refractivity contribution in [3.8, 4) is 5.69 Å². The van der Waals surface area contributed by atoms with Crippen molar-refractivity contribution in [1.82, 2.24) is 25.6 Å². The Morgan fingerprint density at radius 2 is 1.75 bits per heavy atom. The number of aryl methyl sites for hydroxylation is 1. The summed E-state index contributed by atoms with van der Waals surface area (Å²) in [6.07, 6.45) is 0. The number of carbonyl (C=O) groups is 2. The zero-order valence-corrected chi connectivity index (χ0v) is 19.9. The number of nitrogens with one attached hydrogen (secondary N) is 3. The zero-order valence-electron chi connectivity index (χ0n) is 17.6. The molecule has 0 unspecified atom stereocenters. The molecule has 0 spiro atoms. The first-order chi connectivity index (χ1) is 15.1. The van der Waals surface area contributed by atoms with Crippen molar-refractivity contribution in [1.29, 1.82) is 0 Å². The molecule has 0 saturated carbocycles. The van der Waals surface area contributed by atoms with E-state index in [1.54, 1.807) is 52.2 Å².